The molecule has 1 aliphatic heterocycles. The fourth-order valence-electron chi connectivity index (χ4n) is 3.10. The molecule has 1 fully saturated rings. The maximum absolute atomic E-state index is 12.5. The molecule has 0 saturated carbocycles. The summed E-state index contributed by atoms with van der Waals surface area (Å²) < 4.78 is 7.21. The molecular weight excluding hydrogens is 384 g/mol. The number of esters is 1. The Kier molecular flexibility index (Phi) is 6.38. The summed E-state index contributed by atoms with van der Waals surface area (Å²) in [5, 5.41) is 1.94. The number of carbonyl (C=O) groups is 3. The summed E-state index contributed by atoms with van der Waals surface area (Å²) in [6.45, 7) is 4.83. The molecule has 1 aliphatic rings. The maximum Gasteiger partial charge on any atom is 0.326 e. The Hall–Kier alpha value is -2.06. The van der Waals surface area contributed by atoms with Crippen molar-refractivity contribution < 1.29 is 19.1 Å². The van der Waals surface area contributed by atoms with E-state index >= 15 is 0 Å². The molecule has 3 rings (SSSR count). The minimum Gasteiger partial charge on any atom is -0.456 e. The predicted molar refractivity (Wildman–Crippen MR) is 107 cm³/mol. The van der Waals surface area contributed by atoms with E-state index in [1.165, 1.54) is 21.5 Å². The number of hydrogen-bond donors (Lipinski definition) is 0. The summed E-state index contributed by atoms with van der Waals surface area (Å²) in [4.78, 5) is 38.6. The van der Waals surface area contributed by atoms with Gasteiger partial charge in [0.05, 0.1) is 0 Å². The third-order valence-corrected chi connectivity index (χ3v) is 6.39. The van der Waals surface area contributed by atoms with Gasteiger partial charge in [0.1, 0.15) is 6.54 Å². The van der Waals surface area contributed by atoms with E-state index in [2.05, 4.69) is 16.0 Å². The molecule has 0 bridgehead atoms. The average Bonchev–Trinajstić information content (AvgIpc) is 3.35. The molecule has 0 aromatic carbocycles. The summed E-state index contributed by atoms with van der Waals surface area (Å²) >= 11 is 2.91. The zero-order chi connectivity index (χ0) is 19.4. The smallest absolute Gasteiger partial charge is 0.326 e. The second kappa shape index (κ2) is 8.75. The zero-order valence-electron chi connectivity index (χ0n) is 15.4. The van der Waals surface area contributed by atoms with E-state index in [1.807, 2.05) is 26.0 Å². The SMILES string of the molecule is Cc1cc(C(=O)COC(=O)CN2CCSC2=O)c(C)n1CCc1cccs1. The molecule has 2 aromatic rings. The van der Waals surface area contributed by atoms with E-state index in [9.17, 15) is 14.4 Å². The van der Waals surface area contributed by atoms with Crippen LogP contribution in [0, 0.1) is 13.8 Å². The largest absolute Gasteiger partial charge is 0.456 e. The molecule has 0 N–H and O–H groups in total. The number of ether oxygens (including phenoxy) is 1. The number of hydrogen-bond acceptors (Lipinski definition) is 6. The lowest BCUT2D eigenvalue weighted by Gasteiger charge is -2.13. The Bertz CT molecular complexity index is 842. The van der Waals surface area contributed by atoms with E-state index in [0.29, 0.717) is 17.9 Å². The highest BCUT2D eigenvalue weighted by atomic mass is 32.2. The van der Waals surface area contributed by atoms with E-state index in [-0.39, 0.29) is 24.2 Å². The van der Waals surface area contributed by atoms with Crippen molar-refractivity contribution in [3.8, 4) is 0 Å². The molecule has 0 atom stereocenters. The minimum atomic E-state index is -0.550. The summed E-state index contributed by atoms with van der Waals surface area (Å²) in [7, 11) is 0. The summed E-state index contributed by atoms with van der Waals surface area (Å²) in [6, 6.07) is 5.99. The lowest BCUT2D eigenvalue weighted by molar-refractivity contribution is -0.142. The predicted octanol–water partition coefficient (Wildman–Crippen LogP) is 3.30. The van der Waals surface area contributed by atoms with Crippen LogP contribution in [0.4, 0.5) is 4.79 Å². The van der Waals surface area contributed by atoms with E-state index < -0.39 is 5.97 Å². The molecule has 8 heteroatoms. The van der Waals surface area contributed by atoms with Crippen LogP contribution in [-0.2, 0) is 22.5 Å². The number of thioether (sulfide) groups is 1. The van der Waals surface area contributed by atoms with Gasteiger partial charge in [-0.05, 0) is 37.8 Å². The van der Waals surface area contributed by atoms with Crippen molar-refractivity contribution >= 4 is 40.1 Å². The topological polar surface area (TPSA) is 68.6 Å². The number of thiophene rings is 1. The number of ketones is 1. The number of carbonyl (C=O) groups excluding carboxylic acids is 3. The minimum absolute atomic E-state index is 0.0983. The first-order chi connectivity index (χ1) is 13.0. The fraction of sp³-hybridized carbons (Fsp3) is 0.421. The highest BCUT2D eigenvalue weighted by molar-refractivity contribution is 8.13. The Morgan fingerprint density at radius 2 is 2.11 bits per heavy atom. The maximum atomic E-state index is 12.5. The highest BCUT2D eigenvalue weighted by Crippen LogP contribution is 2.19. The van der Waals surface area contributed by atoms with Crippen molar-refractivity contribution in [3.05, 3.63) is 45.4 Å². The van der Waals surface area contributed by atoms with Crippen LogP contribution in [0.15, 0.2) is 23.6 Å². The first-order valence-electron chi connectivity index (χ1n) is 8.75. The van der Waals surface area contributed by atoms with Crippen LogP contribution in [0.5, 0.6) is 0 Å². The Balaban J connectivity index is 1.55. The molecule has 27 heavy (non-hydrogen) atoms. The van der Waals surface area contributed by atoms with Gasteiger partial charge >= 0.3 is 5.97 Å². The van der Waals surface area contributed by atoms with Crippen LogP contribution in [0.1, 0.15) is 26.6 Å². The number of Topliss-reactive ketones (excluding diaryl/α,β-unsaturated/α-hetero) is 1. The van der Waals surface area contributed by atoms with Gasteiger partial charge in [-0.2, -0.15) is 0 Å². The molecular formula is C19H22N2O4S2. The van der Waals surface area contributed by atoms with Crippen molar-refractivity contribution in [3.63, 3.8) is 0 Å². The van der Waals surface area contributed by atoms with Gasteiger partial charge in [-0.1, -0.05) is 17.8 Å². The quantitative estimate of drug-likeness (QED) is 0.497. The standard InChI is InChI=1S/C19H22N2O4S2/c1-13-10-16(14(2)21(13)6-5-15-4-3-8-26-15)17(22)12-25-18(23)11-20-7-9-27-19(20)24/h3-4,8,10H,5-7,9,11-12H2,1-2H3. The van der Waals surface area contributed by atoms with Crippen molar-refractivity contribution in [1.29, 1.82) is 0 Å². The van der Waals surface area contributed by atoms with Gasteiger partial charge in [0.2, 0.25) is 5.78 Å². The van der Waals surface area contributed by atoms with Crippen molar-refractivity contribution in [2.45, 2.75) is 26.8 Å². The second-order valence-electron chi connectivity index (χ2n) is 6.39. The van der Waals surface area contributed by atoms with E-state index in [1.54, 1.807) is 11.3 Å². The summed E-state index contributed by atoms with van der Waals surface area (Å²) in [5.41, 5.74) is 2.48. The lowest BCUT2D eigenvalue weighted by atomic mass is 10.1. The first-order valence-corrected chi connectivity index (χ1v) is 10.6. The van der Waals surface area contributed by atoms with Crippen LogP contribution in [-0.4, -0.2) is 51.9 Å². The van der Waals surface area contributed by atoms with Gasteiger partial charge in [0, 0.05) is 40.7 Å². The van der Waals surface area contributed by atoms with Crippen LogP contribution >= 0.6 is 23.1 Å². The Morgan fingerprint density at radius 1 is 1.30 bits per heavy atom. The van der Waals surface area contributed by atoms with Crippen molar-refractivity contribution in [1.82, 2.24) is 9.47 Å². The highest BCUT2D eigenvalue weighted by Gasteiger charge is 2.24. The van der Waals surface area contributed by atoms with Crippen molar-refractivity contribution in [2.75, 3.05) is 25.4 Å². The Labute approximate surface area is 166 Å². The van der Waals surface area contributed by atoms with Crippen molar-refractivity contribution in [2.24, 2.45) is 0 Å². The first kappa shape index (κ1) is 19.7. The Morgan fingerprint density at radius 3 is 2.78 bits per heavy atom. The van der Waals surface area contributed by atoms with Gasteiger partial charge < -0.3 is 14.2 Å². The normalized spacial score (nSPS) is 14.0. The van der Waals surface area contributed by atoms with Crippen LogP contribution in [0.25, 0.3) is 0 Å². The molecule has 0 spiro atoms. The lowest BCUT2D eigenvalue weighted by Crippen LogP contribution is -2.31. The molecule has 3 heterocycles. The van der Waals surface area contributed by atoms with Crippen LogP contribution in [0.3, 0.4) is 0 Å². The number of aromatic nitrogens is 1. The third kappa shape index (κ3) is 4.81. The summed E-state index contributed by atoms with van der Waals surface area (Å²) in [6.07, 6.45) is 0.915. The molecule has 1 saturated heterocycles. The number of aryl methyl sites for hydroxylation is 2. The van der Waals surface area contributed by atoms with Crippen LogP contribution < -0.4 is 0 Å². The molecule has 0 aliphatic carbocycles. The molecule has 2 aromatic heterocycles. The zero-order valence-corrected chi connectivity index (χ0v) is 17.0. The third-order valence-electron chi connectivity index (χ3n) is 4.57. The molecule has 6 nitrogen and oxygen atoms in total. The van der Waals surface area contributed by atoms with Gasteiger partial charge in [0.15, 0.2) is 6.61 Å². The summed E-state index contributed by atoms with van der Waals surface area (Å²) in [5.74, 6) is -0.0886. The number of nitrogens with zero attached hydrogens (tertiary/aromatic N) is 2. The molecule has 1 amide bonds. The van der Waals surface area contributed by atoms with E-state index in [0.717, 1.165) is 24.4 Å². The second-order valence-corrected chi connectivity index (χ2v) is 8.46. The van der Waals surface area contributed by atoms with Gasteiger partial charge in [-0.25, -0.2) is 0 Å². The van der Waals surface area contributed by atoms with Gasteiger partial charge in [-0.3, -0.25) is 14.4 Å². The number of rotatable bonds is 8. The average molecular weight is 407 g/mol. The van der Waals surface area contributed by atoms with Gasteiger partial charge in [-0.15, -0.1) is 11.3 Å². The molecule has 0 unspecified atom stereocenters. The van der Waals surface area contributed by atoms with E-state index in [4.69, 9.17) is 4.74 Å². The monoisotopic (exact) mass is 406 g/mol. The fourth-order valence-corrected chi connectivity index (χ4v) is 4.62. The number of amides is 1. The van der Waals surface area contributed by atoms with Crippen LogP contribution in [0.2, 0.25) is 0 Å². The molecule has 0 radical (unpaired) electrons. The van der Waals surface area contributed by atoms with Gasteiger partial charge in [0.25, 0.3) is 5.24 Å². The molecule has 144 valence electrons.